The second kappa shape index (κ2) is 6.99. The summed E-state index contributed by atoms with van der Waals surface area (Å²) in [6.07, 6.45) is 0.877. The molecule has 3 atom stereocenters. The van der Waals surface area contributed by atoms with Crippen LogP contribution in [0, 0.1) is 6.92 Å². The average Bonchev–Trinajstić information content (AvgIpc) is 3.01. The first-order valence-corrected chi connectivity index (χ1v) is 11.1. The molecule has 2 aliphatic heterocycles. The molecule has 0 aliphatic carbocycles. The highest BCUT2D eigenvalue weighted by Gasteiger charge is 2.42. The normalized spacial score (nSPS) is 25.2. The van der Waals surface area contributed by atoms with Crippen LogP contribution in [0.25, 0.3) is 0 Å². The second-order valence-electron chi connectivity index (χ2n) is 6.67. The molecule has 0 unspecified atom stereocenters. The average molecular weight is 382 g/mol. The van der Waals surface area contributed by atoms with E-state index >= 15 is 0 Å². The van der Waals surface area contributed by atoms with E-state index in [4.69, 9.17) is 0 Å². The summed E-state index contributed by atoms with van der Waals surface area (Å²) in [7, 11) is -2.95. The van der Waals surface area contributed by atoms with Crippen molar-refractivity contribution in [1.29, 1.82) is 0 Å². The fourth-order valence-corrected chi connectivity index (χ4v) is 6.51. The van der Waals surface area contributed by atoms with Gasteiger partial charge in [0.15, 0.2) is 15.0 Å². The van der Waals surface area contributed by atoms with Crippen LogP contribution in [0.4, 0.5) is 5.69 Å². The molecule has 3 rings (SSSR count). The monoisotopic (exact) mass is 381 g/mol. The van der Waals surface area contributed by atoms with Gasteiger partial charge in [0.2, 0.25) is 0 Å². The van der Waals surface area contributed by atoms with Gasteiger partial charge in [-0.1, -0.05) is 24.8 Å². The van der Waals surface area contributed by atoms with Crippen molar-refractivity contribution in [2.45, 2.75) is 44.5 Å². The maximum atomic E-state index is 12.3. The number of benzene rings is 1. The highest BCUT2D eigenvalue weighted by Crippen LogP contribution is 2.35. The number of amidine groups is 1. The number of nitrogens with zero attached hydrogens (tertiary/aromatic N) is 1. The maximum Gasteiger partial charge on any atom is 0.251 e. The summed E-state index contributed by atoms with van der Waals surface area (Å²) in [5.74, 6) is 0.223. The van der Waals surface area contributed by atoms with Crippen molar-refractivity contribution >= 4 is 38.4 Å². The SMILES string of the molecule is CC[C@H](C)NC(=O)c1ccc(C)c(NC2=N[C@@H]3CS(=O)(=O)C[C@H]3S2)c1. The van der Waals surface area contributed by atoms with Crippen molar-refractivity contribution in [2.75, 3.05) is 16.8 Å². The Morgan fingerprint density at radius 2 is 2.16 bits per heavy atom. The van der Waals surface area contributed by atoms with Gasteiger partial charge in [0.05, 0.1) is 17.5 Å². The number of aryl methyl sites for hydroxylation is 1. The highest BCUT2D eigenvalue weighted by molar-refractivity contribution is 8.15. The van der Waals surface area contributed by atoms with Crippen molar-refractivity contribution in [1.82, 2.24) is 5.32 Å². The van der Waals surface area contributed by atoms with Crippen molar-refractivity contribution in [3.8, 4) is 0 Å². The van der Waals surface area contributed by atoms with Crippen LogP contribution >= 0.6 is 11.8 Å². The molecule has 2 aliphatic rings. The lowest BCUT2D eigenvalue weighted by atomic mass is 10.1. The molecule has 0 radical (unpaired) electrons. The standard InChI is InChI=1S/C17H23N3O3S2/c1-4-11(3)18-16(21)12-6-5-10(2)13(7-12)19-17-20-14-8-25(22,23)9-15(14)24-17/h5-7,11,14-15H,4,8-9H2,1-3H3,(H,18,21)(H,19,20)/t11-,14+,15+/m0/s1. The van der Waals surface area contributed by atoms with E-state index in [1.165, 1.54) is 11.8 Å². The van der Waals surface area contributed by atoms with Gasteiger partial charge in [-0.05, 0) is 38.0 Å². The molecule has 1 aromatic carbocycles. The van der Waals surface area contributed by atoms with Gasteiger partial charge >= 0.3 is 0 Å². The van der Waals surface area contributed by atoms with E-state index in [0.717, 1.165) is 22.8 Å². The van der Waals surface area contributed by atoms with Crippen LogP contribution in [0.15, 0.2) is 23.2 Å². The van der Waals surface area contributed by atoms with Crippen LogP contribution in [-0.2, 0) is 9.84 Å². The fraction of sp³-hybridized carbons (Fsp3) is 0.529. The molecule has 0 aromatic heterocycles. The quantitative estimate of drug-likeness (QED) is 0.835. The zero-order chi connectivity index (χ0) is 18.2. The van der Waals surface area contributed by atoms with Crippen molar-refractivity contribution in [3.05, 3.63) is 29.3 Å². The number of thioether (sulfide) groups is 1. The summed E-state index contributed by atoms with van der Waals surface area (Å²) in [5.41, 5.74) is 2.43. The van der Waals surface area contributed by atoms with Crippen LogP contribution in [0.1, 0.15) is 36.2 Å². The first kappa shape index (κ1) is 18.3. The van der Waals surface area contributed by atoms with E-state index in [2.05, 4.69) is 15.6 Å². The summed E-state index contributed by atoms with van der Waals surface area (Å²) in [6.45, 7) is 5.96. The molecule has 6 nitrogen and oxygen atoms in total. The van der Waals surface area contributed by atoms with Gasteiger partial charge in [-0.2, -0.15) is 0 Å². The van der Waals surface area contributed by atoms with Gasteiger partial charge < -0.3 is 10.6 Å². The number of hydrogen-bond donors (Lipinski definition) is 2. The van der Waals surface area contributed by atoms with Gasteiger partial charge in [0.1, 0.15) is 0 Å². The number of sulfone groups is 1. The lowest BCUT2D eigenvalue weighted by Crippen LogP contribution is -2.32. The lowest BCUT2D eigenvalue weighted by Gasteiger charge is -2.14. The topological polar surface area (TPSA) is 87.6 Å². The first-order chi connectivity index (χ1) is 11.8. The third-order valence-electron chi connectivity index (χ3n) is 4.55. The van der Waals surface area contributed by atoms with Gasteiger partial charge in [-0.3, -0.25) is 9.79 Å². The number of nitrogens with one attached hydrogen (secondary N) is 2. The Hall–Kier alpha value is -1.54. The van der Waals surface area contributed by atoms with Crippen molar-refractivity contribution in [3.63, 3.8) is 0 Å². The largest absolute Gasteiger partial charge is 0.350 e. The second-order valence-corrected chi connectivity index (χ2v) is 10.1. The van der Waals surface area contributed by atoms with E-state index in [0.29, 0.717) is 5.56 Å². The van der Waals surface area contributed by atoms with Crippen molar-refractivity contribution < 1.29 is 13.2 Å². The summed E-state index contributed by atoms with van der Waals surface area (Å²) < 4.78 is 23.3. The van der Waals surface area contributed by atoms with E-state index in [-0.39, 0.29) is 34.7 Å². The Morgan fingerprint density at radius 1 is 1.40 bits per heavy atom. The molecular weight excluding hydrogens is 358 g/mol. The smallest absolute Gasteiger partial charge is 0.251 e. The molecule has 0 saturated carbocycles. The number of aliphatic imine (C=N–C) groups is 1. The molecule has 2 heterocycles. The molecule has 1 fully saturated rings. The highest BCUT2D eigenvalue weighted by atomic mass is 32.2. The molecular formula is C17H23N3O3S2. The summed E-state index contributed by atoms with van der Waals surface area (Å²) in [4.78, 5) is 16.8. The Kier molecular flexibility index (Phi) is 5.11. The van der Waals surface area contributed by atoms with Crippen LogP contribution in [0.3, 0.4) is 0 Å². The number of amides is 1. The molecule has 8 heteroatoms. The van der Waals surface area contributed by atoms with E-state index in [1.807, 2.05) is 39.0 Å². The summed E-state index contributed by atoms with van der Waals surface area (Å²) in [5, 5.41) is 6.96. The number of carbonyl (C=O) groups is 1. The van der Waals surface area contributed by atoms with Crippen LogP contribution in [0.2, 0.25) is 0 Å². The third-order valence-corrected chi connectivity index (χ3v) is 7.69. The molecule has 0 spiro atoms. The zero-order valence-corrected chi connectivity index (χ0v) is 16.2. The van der Waals surface area contributed by atoms with Crippen LogP contribution in [0.5, 0.6) is 0 Å². The van der Waals surface area contributed by atoms with Crippen molar-refractivity contribution in [2.24, 2.45) is 4.99 Å². The minimum absolute atomic E-state index is 0.00434. The zero-order valence-electron chi connectivity index (χ0n) is 14.6. The molecule has 0 bridgehead atoms. The molecule has 2 N–H and O–H groups in total. The molecule has 25 heavy (non-hydrogen) atoms. The third kappa shape index (κ3) is 4.17. The van der Waals surface area contributed by atoms with Gasteiger partial charge in [0.25, 0.3) is 5.91 Å². The van der Waals surface area contributed by atoms with E-state index in [9.17, 15) is 13.2 Å². The number of anilines is 1. The number of rotatable bonds is 4. The number of fused-ring (bicyclic) bond motifs is 1. The first-order valence-electron chi connectivity index (χ1n) is 8.41. The van der Waals surface area contributed by atoms with Gasteiger partial charge in [-0.25, -0.2) is 8.42 Å². The van der Waals surface area contributed by atoms with Crippen LogP contribution < -0.4 is 10.6 Å². The number of carbonyl (C=O) groups excluding carboxylic acids is 1. The minimum atomic E-state index is -2.95. The Labute approximate surface area is 152 Å². The molecule has 136 valence electrons. The van der Waals surface area contributed by atoms with Gasteiger partial charge in [-0.15, -0.1) is 0 Å². The minimum Gasteiger partial charge on any atom is -0.350 e. The molecule has 1 saturated heterocycles. The van der Waals surface area contributed by atoms with Crippen LogP contribution in [-0.4, -0.2) is 48.3 Å². The predicted molar refractivity (Wildman–Crippen MR) is 103 cm³/mol. The van der Waals surface area contributed by atoms with Gasteiger partial charge in [0, 0.05) is 22.5 Å². The summed E-state index contributed by atoms with van der Waals surface area (Å²) in [6, 6.07) is 5.50. The lowest BCUT2D eigenvalue weighted by molar-refractivity contribution is 0.0939. The van der Waals surface area contributed by atoms with E-state index in [1.54, 1.807) is 0 Å². The predicted octanol–water partition coefficient (Wildman–Crippen LogP) is 2.20. The maximum absolute atomic E-state index is 12.3. The Morgan fingerprint density at radius 3 is 2.84 bits per heavy atom. The Bertz CT molecular complexity index is 820. The molecule has 1 amide bonds. The fourth-order valence-electron chi connectivity index (χ4n) is 2.84. The Balaban J connectivity index is 1.73. The summed E-state index contributed by atoms with van der Waals surface area (Å²) >= 11 is 1.47. The number of hydrogen-bond acceptors (Lipinski definition) is 6. The van der Waals surface area contributed by atoms with E-state index < -0.39 is 9.84 Å². The molecule has 1 aromatic rings.